The lowest BCUT2D eigenvalue weighted by Gasteiger charge is -2.16. The van der Waals surface area contributed by atoms with Crippen molar-refractivity contribution in [3.8, 4) is 5.75 Å². The molecule has 2 aromatic rings. The van der Waals surface area contributed by atoms with Crippen LogP contribution in [0, 0.1) is 0 Å². The van der Waals surface area contributed by atoms with Gasteiger partial charge in [-0.2, -0.15) is 0 Å². The maximum absolute atomic E-state index is 10.3. The van der Waals surface area contributed by atoms with Crippen molar-refractivity contribution in [1.82, 2.24) is 4.98 Å². The molecule has 0 saturated heterocycles. The number of methoxy groups -OCH3 is 1. The van der Waals surface area contributed by atoms with Crippen molar-refractivity contribution >= 4 is 5.69 Å². The van der Waals surface area contributed by atoms with Crippen molar-refractivity contribution in [1.29, 1.82) is 0 Å². The number of nitrogens with zero attached hydrogens (tertiary/aromatic N) is 2. The van der Waals surface area contributed by atoms with Crippen molar-refractivity contribution < 1.29 is 9.84 Å². The molecule has 0 fully saturated rings. The van der Waals surface area contributed by atoms with Crippen LogP contribution < -0.4 is 9.64 Å². The Kier molecular flexibility index (Phi) is 4.02. The molecule has 1 aromatic heterocycles. The molecule has 2 rings (SSSR count). The van der Waals surface area contributed by atoms with Gasteiger partial charge >= 0.3 is 0 Å². The van der Waals surface area contributed by atoms with Crippen LogP contribution in [0.5, 0.6) is 5.75 Å². The van der Waals surface area contributed by atoms with Crippen LogP contribution in [-0.2, 0) is 0 Å². The monoisotopic (exact) mass is 258 g/mol. The van der Waals surface area contributed by atoms with Crippen LogP contribution in [0.3, 0.4) is 0 Å². The van der Waals surface area contributed by atoms with Crippen LogP contribution in [-0.4, -0.2) is 31.3 Å². The highest BCUT2D eigenvalue weighted by atomic mass is 16.5. The number of aromatic nitrogens is 1. The zero-order chi connectivity index (χ0) is 13.8. The third-order valence-electron chi connectivity index (χ3n) is 2.99. The second kappa shape index (κ2) is 5.71. The van der Waals surface area contributed by atoms with Crippen molar-refractivity contribution in [2.75, 3.05) is 26.1 Å². The van der Waals surface area contributed by atoms with Crippen molar-refractivity contribution in [2.24, 2.45) is 0 Å². The number of benzene rings is 1. The van der Waals surface area contributed by atoms with E-state index in [1.807, 2.05) is 55.4 Å². The van der Waals surface area contributed by atoms with E-state index < -0.39 is 6.10 Å². The van der Waals surface area contributed by atoms with Gasteiger partial charge in [-0.3, -0.25) is 4.98 Å². The average Bonchev–Trinajstić information content (AvgIpc) is 2.46. The number of aliphatic hydroxyl groups is 1. The predicted molar refractivity (Wildman–Crippen MR) is 75.6 cm³/mol. The lowest BCUT2D eigenvalue weighted by Crippen LogP contribution is -2.10. The molecule has 0 aliphatic rings. The van der Waals surface area contributed by atoms with E-state index in [0.29, 0.717) is 5.69 Å². The van der Waals surface area contributed by atoms with Gasteiger partial charge in [0, 0.05) is 26.0 Å². The summed E-state index contributed by atoms with van der Waals surface area (Å²) < 4.78 is 5.10. The summed E-state index contributed by atoms with van der Waals surface area (Å²) in [6.45, 7) is 0. The zero-order valence-electron chi connectivity index (χ0n) is 11.4. The van der Waals surface area contributed by atoms with Crippen LogP contribution in [0.2, 0.25) is 0 Å². The Morgan fingerprint density at radius 1 is 1.16 bits per heavy atom. The molecule has 4 nitrogen and oxygen atoms in total. The van der Waals surface area contributed by atoms with Gasteiger partial charge in [-0.25, -0.2) is 0 Å². The largest absolute Gasteiger partial charge is 0.497 e. The molecular formula is C15H18N2O2. The maximum Gasteiger partial charge on any atom is 0.121 e. The minimum absolute atomic E-state index is 0.636. The maximum atomic E-state index is 10.3. The molecule has 4 heteroatoms. The van der Waals surface area contributed by atoms with Crippen molar-refractivity contribution in [2.45, 2.75) is 6.10 Å². The molecule has 0 aliphatic heterocycles. The molecule has 1 aromatic carbocycles. The Bertz CT molecular complexity index is 538. The first-order valence-electron chi connectivity index (χ1n) is 6.07. The molecule has 0 amide bonds. The van der Waals surface area contributed by atoms with E-state index in [0.717, 1.165) is 17.0 Å². The van der Waals surface area contributed by atoms with Gasteiger partial charge in [-0.1, -0.05) is 12.1 Å². The molecule has 100 valence electrons. The van der Waals surface area contributed by atoms with Crippen molar-refractivity contribution in [3.63, 3.8) is 0 Å². The quantitative estimate of drug-likeness (QED) is 0.913. The molecule has 19 heavy (non-hydrogen) atoms. The molecule has 0 saturated carbocycles. The number of hydrogen-bond donors (Lipinski definition) is 1. The summed E-state index contributed by atoms with van der Waals surface area (Å²) in [5, 5.41) is 10.3. The fourth-order valence-corrected chi connectivity index (χ4v) is 1.82. The van der Waals surface area contributed by atoms with Gasteiger partial charge in [-0.15, -0.1) is 0 Å². The minimum atomic E-state index is -0.731. The van der Waals surface area contributed by atoms with Gasteiger partial charge in [0.1, 0.15) is 11.9 Å². The summed E-state index contributed by atoms with van der Waals surface area (Å²) in [5.41, 5.74) is 2.44. The van der Waals surface area contributed by atoms with E-state index in [4.69, 9.17) is 4.74 Å². The second-order valence-electron chi connectivity index (χ2n) is 4.51. The first-order chi connectivity index (χ1) is 9.11. The number of anilines is 1. The van der Waals surface area contributed by atoms with E-state index in [9.17, 15) is 5.11 Å². The molecule has 0 spiro atoms. The highest BCUT2D eigenvalue weighted by molar-refractivity contribution is 5.46. The number of pyridine rings is 1. The Hall–Kier alpha value is -2.07. The lowest BCUT2D eigenvalue weighted by molar-refractivity contribution is 0.215. The molecule has 0 bridgehead atoms. The van der Waals surface area contributed by atoms with Gasteiger partial charge in [0.05, 0.1) is 12.8 Å². The lowest BCUT2D eigenvalue weighted by atomic mass is 10.1. The van der Waals surface area contributed by atoms with Gasteiger partial charge in [0.15, 0.2) is 0 Å². The first kappa shape index (κ1) is 13.4. The molecule has 1 atom stereocenters. The fraction of sp³-hybridized carbons (Fsp3) is 0.267. The molecule has 1 heterocycles. The van der Waals surface area contributed by atoms with Crippen LogP contribution >= 0.6 is 0 Å². The third kappa shape index (κ3) is 3.03. The minimum Gasteiger partial charge on any atom is -0.497 e. The van der Waals surface area contributed by atoms with Crippen LogP contribution in [0.15, 0.2) is 42.6 Å². The summed E-state index contributed by atoms with van der Waals surface area (Å²) in [4.78, 5) is 6.21. The molecule has 1 N–H and O–H groups in total. The summed E-state index contributed by atoms with van der Waals surface area (Å²) in [5.74, 6) is 0.769. The summed E-state index contributed by atoms with van der Waals surface area (Å²) in [6, 6.07) is 11.1. The first-order valence-corrected chi connectivity index (χ1v) is 6.07. The fourth-order valence-electron chi connectivity index (χ4n) is 1.82. The molecular weight excluding hydrogens is 240 g/mol. The molecule has 0 radical (unpaired) electrons. The number of aliphatic hydroxyl groups excluding tert-OH is 1. The topological polar surface area (TPSA) is 45.6 Å². The summed E-state index contributed by atoms with van der Waals surface area (Å²) >= 11 is 0. The number of rotatable bonds is 4. The molecule has 1 unspecified atom stereocenters. The highest BCUT2D eigenvalue weighted by Gasteiger charge is 2.12. The van der Waals surface area contributed by atoms with Crippen LogP contribution in [0.25, 0.3) is 0 Å². The van der Waals surface area contributed by atoms with E-state index in [1.54, 1.807) is 13.3 Å². The highest BCUT2D eigenvalue weighted by Crippen LogP contribution is 2.24. The zero-order valence-corrected chi connectivity index (χ0v) is 11.4. The third-order valence-corrected chi connectivity index (χ3v) is 2.99. The van der Waals surface area contributed by atoms with Gasteiger partial charge in [0.2, 0.25) is 0 Å². The second-order valence-corrected chi connectivity index (χ2v) is 4.51. The van der Waals surface area contributed by atoms with E-state index in [-0.39, 0.29) is 0 Å². The van der Waals surface area contributed by atoms with Crippen LogP contribution in [0.1, 0.15) is 17.4 Å². The van der Waals surface area contributed by atoms with Gasteiger partial charge in [0.25, 0.3) is 0 Å². The van der Waals surface area contributed by atoms with Crippen LogP contribution in [0.4, 0.5) is 5.69 Å². The van der Waals surface area contributed by atoms with E-state index in [2.05, 4.69) is 4.98 Å². The standard InChI is InChI=1S/C15H18N2O2/c1-17(2)12-8-9-16-14(10-12)15(18)11-4-6-13(19-3)7-5-11/h4-10,15,18H,1-3H3. The Morgan fingerprint density at radius 2 is 1.84 bits per heavy atom. The van der Waals surface area contributed by atoms with Crippen molar-refractivity contribution in [3.05, 3.63) is 53.9 Å². The predicted octanol–water partition coefficient (Wildman–Crippen LogP) is 2.24. The Balaban J connectivity index is 2.27. The SMILES string of the molecule is COc1ccc(C(O)c2cc(N(C)C)ccn2)cc1. The Morgan fingerprint density at radius 3 is 2.42 bits per heavy atom. The summed E-state index contributed by atoms with van der Waals surface area (Å²) in [7, 11) is 5.53. The van der Waals surface area contributed by atoms with E-state index in [1.165, 1.54) is 0 Å². The number of ether oxygens (including phenoxy) is 1. The molecule has 0 aliphatic carbocycles. The summed E-state index contributed by atoms with van der Waals surface area (Å²) in [6.07, 6.45) is 0.975. The Labute approximate surface area is 113 Å². The normalized spacial score (nSPS) is 12.0. The number of hydrogen-bond acceptors (Lipinski definition) is 4. The average molecular weight is 258 g/mol. The van der Waals surface area contributed by atoms with E-state index >= 15 is 0 Å². The van der Waals surface area contributed by atoms with Gasteiger partial charge < -0.3 is 14.7 Å². The smallest absolute Gasteiger partial charge is 0.121 e. The van der Waals surface area contributed by atoms with Gasteiger partial charge in [-0.05, 0) is 29.8 Å².